The average molecular weight is 437 g/mol. The van der Waals surface area contributed by atoms with Crippen molar-refractivity contribution in [2.45, 2.75) is 6.42 Å². The lowest BCUT2D eigenvalue weighted by Crippen LogP contribution is -2.53. The van der Waals surface area contributed by atoms with E-state index in [2.05, 4.69) is 10.3 Å². The number of rotatable bonds is 4. The molecule has 4 amide bonds. The molecule has 0 aliphatic carbocycles. The Morgan fingerprint density at radius 3 is 2.19 bits per heavy atom. The van der Waals surface area contributed by atoms with Gasteiger partial charge in [0.2, 0.25) is 11.8 Å². The first kappa shape index (κ1) is 20.5. The maximum Gasteiger partial charge on any atom is 0.338 e. The molecule has 0 radical (unpaired) electrons. The number of H-pyrrole nitrogens is 2. The summed E-state index contributed by atoms with van der Waals surface area (Å²) in [5.41, 5.74) is -1.75. The molecule has 32 heavy (non-hydrogen) atoms. The first-order valence-electron chi connectivity index (χ1n) is 9.17. The topological polar surface area (TPSA) is 171 Å². The largest absolute Gasteiger partial charge is 0.338 e. The number of barbiturate groups is 1. The summed E-state index contributed by atoms with van der Waals surface area (Å²) in [6.07, 6.45) is 1.08. The molecule has 1 aromatic carbocycles. The van der Waals surface area contributed by atoms with E-state index in [0.717, 1.165) is 9.47 Å². The molecule has 1 aliphatic rings. The number of aromatic amines is 2. The van der Waals surface area contributed by atoms with Crippen molar-refractivity contribution in [3.05, 3.63) is 73.4 Å². The number of urea groups is 1. The Bertz CT molecular complexity index is 1400. The predicted octanol–water partition coefficient (Wildman–Crippen LogP) is -0.724. The number of nitrogens with one attached hydrogen (secondary N) is 3. The van der Waals surface area contributed by atoms with E-state index in [0.29, 0.717) is 11.4 Å². The summed E-state index contributed by atoms with van der Waals surface area (Å²) in [7, 11) is 1.61. The van der Waals surface area contributed by atoms with E-state index >= 15 is 0 Å². The highest BCUT2D eigenvalue weighted by molar-refractivity contribution is 6.26. The summed E-state index contributed by atoms with van der Waals surface area (Å²) in [4.78, 5) is 79.5. The summed E-state index contributed by atoms with van der Waals surface area (Å²) >= 11 is 0. The smallest absolute Gasteiger partial charge is 0.315 e. The van der Waals surface area contributed by atoms with Crippen LogP contribution in [0.4, 0.5) is 16.4 Å². The third-order valence-electron chi connectivity index (χ3n) is 4.65. The molecule has 4 rings (SSSR count). The zero-order valence-corrected chi connectivity index (χ0v) is 16.5. The van der Waals surface area contributed by atoms with Gasteiger partial charge in [-0.25, -0.2) is 33.6 Å². The van der Waals surface area contributed by atoms with Gasteiger partial charge in [0.1, 0.15) is 18.1 Å². The number of aliphatic imine (C=N–C) groups is 1. The van der Waals surface area contributed by atoms with E-state index in [-0.39, 0.29) is 11.5 Å². The van der Waals surface area contributed by atoms with Crippen LogP contribution in [-0.4, -0.2) is 43.2 Å². The van der Waals surface area contributed by atoms with Gasteiger partial charge in [0.05, 0.1) is 5.69 Å². The van der Waals surface area contributed by atoms with E-state index in [1.807, 2.05) is 9.97 Å². The van der Waals surface area contributed by atoms with Crippen LogP contribution in [0.3, 0.4) is 0 Å². The second-order valence-electron chi connectivity index (χ2n) is 6.74. The number of carbonyl (C=O) groups is 3. The molecule has 1 saturated heterocycles. The number of aromatic nitrogens is 4. The van der Waals surface area contributed by atoms with Crippen molar-refractivity contribution in [1.82, 2.24) is 24.4 Å². The van der Waals surface area contributed by atoms with Crippen molar-refractivity contribution in [3.63, 3.8) is 0 Å². The van der Waals surface area contributed by atoms with Gasteiger partial charge in [-0.05, 0) is 29.8 Å². The van der Waals surface area contributed by atoms with Gasteiger partial charge < -0.3 is 4.57 Å². The molecular weight excluding hydrogens is 422 g/mol. The molecule has 0 spiro atoms. The molecule has 0 unspecified atom stereocenters. The minimum atomic E-state index is -0.891. The van der Waals surface area contributed by atoms with Crippen LogP contribution in [0.2, 0.25) is 0 Å². The highest BCUT2D eigenvalue weighted by Crippen LogP contribution is 2.25. The van der Waals surface area contributed by atoms with Gasteiger partial charge in [0, 0.05) is 13.3 Å². The molecule has 0 atom stereocenters. The van der Waals surface area contributed by atoms with Crippen LogP contribution in [-0.2, 0) is 16.6 Å². The number of benzene rings is 1. The summed E-state index contributed by atoms with van der Waals surface area (Å²) < 4.78 is 2.29. The lowest BCUT2D eigenvalue weighted by atomic mass is 10.2. The molecule has 0 saturated carbocycles. The van der Waals surface area contributed by atoms with Crippen molar-refractivity contribution in [2.75, 3.05) is 4.90 Å². The fourth-order valence-electron chi connectivity index (χ4n) is 3.14. The second kappa shape index (κ2) is 7.79. The first-order chi connectivity index (χ1) is 15.2. The minimum Gasteiger partial charge on any atom is -0.315 e. The Morgan fingerprint density at radius 2 is 1.56 bits per heavy atom. The summed E-state index contributed by atoms with van der Waals surface area (Å²) in [5.74, 6) is -0.620. The quantitative estimate of drug-likeness (QED) is 0.359. The van der Waals surface area contributed by atoms with Crippen LogP contribution in [0.5, 0.6) is 0 Å². The molecule has 3 heterocycles. The zero-order chi connectivity index (χ0) is 23.0. The van der Waals surface area contributed by atoms with Crippen molar-refractivity contribution in [2.24, 2.45) is 12.0 Å². The van der Waals surface area contributed by atoms with Crippen LogP contribution < -0.4 is 27.3 Å². The molecule has 2 aromatic heterocycles. The van der Waals surface area contributed by atoms with E-state index in [1.54, 1.807) is 25.2 Å². The molecule has 3 N–H and O–H groups in total. The maximum absolute atomic E-state index is 12.1. The number of imide groups is 2. The van der Waals surface area contributed by atoms with E-state index in [1.165, 1.54) is 29.0 Å². The Morgan fingerprint density at radius 1 is 0.906 bits per heavy atom. The summed E-state index contributed by atoms with van der Waals surface area (Å²) in [6, 6.07) is 8.50. The van der Waals surface area contributed by atoms with Gasteiger partial charge in [0.25, 0.3) is 0 Å². The molecule has 13 nitrogen and oxygen atoms in total. The SMILES string of the molecule is Cn1c(N=Cc2ccc(-n3c(=O)[nH]c(=O)[nH]c3=O)cc2)ccc1N1C(=O)CC(=O)NC1=O. The van der Waals surface area contributed by atoms with E-state index < -0.39 is 41.3 Å². The van der Waals surface area contributed by atoms with Crippen molar-refractivity contribution >= 4 is 35.7 Å². The maximum atomic E-state index is 12.1. The van der Waals surface area contributed by atoms with Crippen LogP contribution in [0.25, 0.3) is 5.69 Å². The number of anilines is 1. The van der Waals surface area contributed by atoms with Crippen LogP contribution in [0, 0.1) is 0 Å². The molecular formula is C19H15N7O6. The molecule has 1 aliphatic heterocycles. The lowest BCUT2D eigenvalue weighted by molar-refractivity contribution is -0.128. The zero-order valence-electron chi connectivity index (χ0n) is 16.5. The Labute approximate surface area is 177 Å². The van der Waals surface area contributed by atoms with Gasteiger partial charge in [0.15, 0.2) is 0 Å². The summed E-state index contributed by atoms with van der Waals surface area (Å²) in [6.45, 7) is 0. The van der Waals surface area contributed by atoms with E-state index in [4.69, 9.17) is 0 Å². The fraction of sp³-hybridized carbons (Fsp3) is 0.105. The third kappa shape index (κ3) is 3.69. The molecule has 1 fully saturated rings. The van der Waals surface area contributed by atoms with Crippen molar-refractivity contribution < 1.29 is 14.4 Å². The monoisotopic (exact) mass is 437 g/mol. The summed E-state index contributed by atoms with van der Waals surface area (Å²) in [5, 5.41) is 2.09. The Hall–Kier alpha value is -4.81. The van der Waals surface area contributed by atoms with Crippen LogP contribution >= 0.6 is 0 Å². The van der Waals surface area contributed by atoms with Gasteiger partial charge in [-0.1, -0.05) is 12.1 Å². The molecule has 0 bridgehead atoms. The second-order valence-corrected chi connectivity index (χ2v) is 6.74. The van der Waals surface area contributed by atoms with Gasteiger partial charge in [-0.3, -0.25) is 24.9 Å². The number of nitrogens with zero attached hydrogens (tertiary/aromatic N) is 4. The first-order valence-corrected chi connectivity index (χ1v) is 9.17. The van der Waals surface area contributed by atoms with Crippen LogP contribution in [0.1, 0.15) is 12.0 Å². The van der Waals surface area contributed by atoms with Gasteiger partial charge in [-0.15, -0.1) is 0 Å². The normalized spacial score (nSPS) is 14.3. The highest BCUT2D eigenvalue weighted by atomic mass is 16.2. The number of hydrogen-bond donors (Lipinski definition) is 3. The highest BCUT2D eigenvalue weighted by Gasteiger charge is 2.33. The molecule has 162 valence electrons. The molecule has 13 heteroatoms. The standard InChI is InChI=1S/C19H15N7O6/c1-24-12(6-7-14(24)26-15(28)8-13(27)21-17(26)30)20-9-10-2-4-11(5-3-10)25-18(31)22-16(29)23-19(25)32/h2-7,9H,8H2,1H3,(H,21,27,30)(H2,22,23,29,31,32). The predicted molar refractivity (Wildman–Crippen MR) is 112 cm³/mol. The minimum absolute atomic E-state index is 0.245. The van der Waals surface area contributed by atoms with E-state index in [9.17, 15) is 28.8 Å². The van der Waals surface area contributed by atoms with Crippen molar-refractivity contribution in [1.29, 1.82) is 0 Å². The molecule has 3 aromatic rings. The average Bonchev–Trinajstić information content (AvgIpc) is 3.06. The Balaban J connectivity index is 1.57. The Kier molecular flexibility index (Phi) is 4.98. The lowest BCUT2D eigenvalue weighted by Gasteiger charge is -2.24. The van der Waals surface area contributed by atoms with Gasteiger partial charge in [-0.2, -0.15) is 0 Å². The number of hydrogen-bond acceptors (Lipinski definition) is 7. The van der Waals surface area contributed by atoms with Crippen LogP contribution in [0.15, 0.2) is 55.8 Å². The number of carbonyl (C=O) groups excluding carboxylic acids is 3. The van der Waals surface area contributed by atoms with Gasteiger partial charge >= 0.3 is 23.1 Å². The third-order valence-corrected chi connectivity index (χ3v) is 4.65. The van der Waals surface area contributed by atoms with Crippen molar-refractivity contribution in [3.8, 4) is 5.69 Å². The number of amides is 4. The fourth-order valence-corrected chi connectivity index (χ4v) is 3.14.